The lowest BCUT2D eigenvalue weighted by molar-refractivity contribution is 0.0989. The lowest BCUT2D eigenvalue weighted by Gasteiger charge is -2.19. The van der Waals surface area contributed by atoms with Crippen LogP contribution in [0.25, 0.3) is 16.6 Å². The van der Waals surface area contributed by atoms with Gasteiger partial charge < -0.3 is 23.7 Å². The van der Waals surface area contributed by atoms with Crippen molar-refractivity contribution in [2.75, 3.05) is 40.6 Å². The molecule has 1 aliphatic rings. The van der Waals surface area contributed by atoms with Gasteiger partial charge >= 0.3 is 0 Å². The third-order valence-corrected chi connectivity index (χ3v) is 7.96. The number of hydrogen-bond acceptors (Lipinski definition) is 9. The minimum absolute atomic E-state index is 0.000217. The number of rotatable bonds is 14. The normalized spacial score (nSPS) is 12.6. The molecule has 13 heteroatoms. The molecule has 0 saturated carbocycles. The second-order valence-electron chi connectivity index (χ2n) is 11.1. The molecule has 0 aliphatic carbocycles. The molecule has 6 rings (SSSR count). The van der Waals surface area contributed by atoms with Crippen molar-refractivity contribution in [1.82, 2.24) is 19.3 Å². The second kappa shape index (κ2) is 14.7. The molecule has 3 heterocycles. The van der Waals surface area contributed by atoms with Crippen LogP contribution in [0.3, 0.4) is 0 Å². The largest absolute Gasteiger partial charge is 0.487 e. The van der Waals surface area contributed by atoms with Gasteiger partial charge in [-0.1, -0.05) is 12.1 Å². The fourth-order valence-corrected chi connectivity index (χ4v) is 5.70. The number of fused-ring (bicyclic) bond motifs is 2. The van der Waals surface area contributed by atoms with Gasteiger partial charge in [-0.2, -0.15) is 0 Å². The summed E-state index contributed by atoms with van der Waals surface area (Å²) in [5, 5.41) is 0.497. The zero-order chi connectivity index (χ0) is 33.6. The van der Waals surface area contributed by atoms with E-state index in [2.05, 4.69) is 9.97 Å². The predicted octanol–water partition coefficient (Wildman–Crippen LogP) is 5.46. The minimum Gasteiger partial charge on any atom is -0.487 e. The molecule has 250 valence electrons. The molecule has 5 aromatic rings. The van der Waals surface area contributed by atoms with Crippen LogP contribution in [0.5, 0.6) is 23.1 Å². The van der Waals surface area contributed by atoms with Gasteiger partial charge in [0.25, 0.3) is 5.56 Å². The summed E-state index contributed by atoms with van der Waals surface area (Å²) in [5.41, 5.74) is 0.967. The first-order valence-electron chi connectivity index (χ1n) is 15.5. The van der Waals surface area contributed by atoms with Crippen LogP contribution in [0, 0.1) is 11.6 Å². The Bertz CT molecular complexity index is 2010. The van der Waals surface area contributed by atoms with Gasteiger partial charge in [-0.15, -0.1) is 0 Å². The topological polar surface area (TPSA) is 116 Å². The zero-order valence-electron chi connectivity index (χ0n) is 26.5. The van der Waals surface area contributed by atoms with E-state index in [4.69, 9.17) is 23.7 Å². The highest BCUT2D eigenvalue weighted by atomic mass is 19.1. The molecule has 0 atom stereocenters. The third-order valence-electron chi connectivity index (χ3n) is 7.96. The maximum Gasteiger partial charge on any atom is 0.282 e. The summed E-state index contributed by atoms with van der Waals surface area (Å²) < 4.78 is 60.4. The van der Waals surface area contributed by atoms with Crippen LogP contribution in [0.4, 0.5) is 8.78 Å². The molecule has 0 saturated heterocycles. The Morgan fingerprint density at radius 3 is 2.40 bits per heavy atom. The standard InChI is InChI=1S/C35H34F2N4O7/c1-44-12-14-46-31-19-26-28(20-32(31)47-15-13-45-2)38-21-39-34(26)48-25-10-9-22(27(37)18-25)16-30(42)33-29-8-3-4-11-40(29)41(35(33)43)24-7-5-6-23(36)17-24/h5-7,9-10,17-21H,3-4,8,11-16H2,1-2H3. The highest BCUT2D eigenvalue weighted by Crippen LogP contribution is 2.36. The van der Waals surface area contributed by atoms with Gasteiger partial charge in [0, 0.05) is 39.3 Å². The molecule has 0 spiro atoms. The third kappa shape index (κ3) is 6.92. The summed E-state index contributed by atoms with van der Waals surface area (Å²) in [4.78, 5) is 35.7. The fraction of sp³-hybridized carbons (Fsp3) is 0.314. The lowest BCUT2D eigenvalue weighted by atomic mass is 9.99. The quantitative estimate of drug-likeness (QED) is 0.113. The Balaban J connectivity index is 1.25. The predicted molar refractivity (Wildman–Crippen MR) is 172 cm³/mol. The van der Waals surface area contributed by atoms with Gasteiger partial charge in [0.05, 0.1) is 35.5 Å². The first-order chi connectivity index (χ1) is 23.4. The van der Waals surface area contributed by atoms with E-state index in [1.807, 2.05) is 0 Å². The lowest BCUT2D eigenvalue weighted by Crippen LogP contribution is -2.25. The number of ketones is 1. The Morgan fingerprint density at radius 2 is 1.67 bits per heavy atom. The van der Waals surface area contributed by atoms with E-state index in [0.717, 1.165) is 18.9 Å². The van der Waals surface area contributed by atoms with Crippen LogP contribution in [0.2, 0.25) is 0 Å². The molecule has 3 aromatic carbocycles. The average Bonchev–Trinajstić information content (AvgIpc) is 3.38. The number of halogens is 2. The molecule has 0 unspecified atom stereocenters. The smallest absolute Gasteiger partial charge is 0.282 e. The Labute approximate surface area is 274 Å². The van der Waals surface area contributed by atoms with Crippen LogP contribution in [0.1, 0.15) is 34.5 Å². The zero-order valence-corrected chi connectivity index (χ0v) is 26.5. The number of hydrogen-bond donors (Lipinski definition) is 0. The van der Waals surface area contributed by atoms with E-state index in [1.165, 1.54) is 41.3 Å². The van der Waals surface area contributed by atoms with Crippen molar-refractivity contribution in [2.24, 2.45) is 0 Å². The van der Waals surface area contributed by atoms with Crippen LogP contribution < -0.4 is 19.8 Å². The molecule has 2 aromatic heterocycles. The maximum absolute atomic E-state index is 15.5. The molecule has 48 heavy (non-hydrogen) atoms. The number of benzene rings is 3. The molecule has 11 nitrogen and oxygen atoms in total. The molecular formula is C35H34F2N4O7. The van der Waals surface area contributed by atoms with Crippen LogP contribution >= 0.6 is 0 Å². The Kier molecular flexibility index (Phi) is 10.1. The van der Waals surface area contributed by atoms with Crippen LogP contribution in [-0.4, -0.2) is 65.8 Å². The van der Waals surface area contributed by atoms with Gasteiger partial charge in [0.1, 0.15) is 42.5 Å². The Morgan fingerprint density at radius 1 is 0.896 bits per heavy atom. The van der Waals surface area contributed by atoms with Crippen molar-refractivity contribution >= 4 is 16.7 Å². The van der Waals surface area contributed by atoms with E-state index < -0.39 is 23.0 Å². The molecular weight excluding hydrogens is 626 g/mol. The fourth-order valence-electron chi connectivity index (χ4n) is 5.70. The van der Waals surface area contributed by atoms with Crippen molar-refractivity contribution < 1.29 is 37.3 Å². The molecule has 0 fully saturated rings. The number of Topliss-reactive ketones (excluding diaryl/α,β-unsaturated/α-hetero) is 1. The first-order valence-corrected chi connectivity index (χ1v) is 15.5. The second-order valence-corrected chi connectivity index (χ2v) is 11.1. The average molecular weight is 661 g/mol. The van der Waals surface area contributed by atoms with E-state index >= 15 is 4.39 Å². The SMILES string of the molecule is COCCOc1cc2ncnc(Oc3ccc(CC(=O)c4c5n(n(-c6cccc(F)c6)c4=O)CCCC5)c(F)c3)c2cc1OCCOC. The molecule has 0 bridgehead atoms. The van der Waals surface area contributed by atoms with Gasteiger partial charge in [0.2, 0.25) is 5.88 Å². The number of aromatic nitrogens is 4. The van der Waals surface area contributed by atoms with Crippen molar-refractivity contribution in [3.05, 3.63) is 99.7 Å². The summed E-state index contributed by atoms with van der Waals surface area (Å²) >= 11 is 0. The number of nitrogens with zero attached hydrogens (tertiary/aromatic N) is 4. The van der Waals surface area contributed by atoms with Crippen molar-refractivity contribution in [3.8, 4) is 28.8 Å². The van der Waals surface area contributed by atoms with Gasteiger partial charge in [-0.3, -0.25) is 14.3 Å². The summed E-state index contributed by atoms with van der Waals surface area (Å²) in [6.07, 6.45) is 3.11. The van der Waals surface area contributed by atoms with E-state index in [1.54, 1.807) is 37.1 Å². The van der Waals surface area contributed by atoms with Crippen LogP contribution in [0.15, 0.2) is 65.7 Å². The monoisotopic (exact) mass is 660 g/mol. The van der Waals surface area contributed by atoms with Crippen molar-refractivity contribution in [1.29, 1.82) is 0 Å². The summed E-state index contributed by atoms with van der Waals surface area (Å²) in [7, 11) is 3.14. The molecule has 0 radical (unpaired) electrons. The molecule has 0 amide bonds. The number of carbonyl (C=O) groups excluding carboxylic acids is 1. The highest BCUT2D eigenvalue weighted by Gasteiger charge is 2.28. The van der Waals surface area contributed by atoms with Gasteiger partial charge in [-0.25, -0.2) is 23.4 Å². The number of methoxy groups -OCH3 is 2. The van der Waals surface area contributed by atoms with Crippen molar-refractivity contribution in [2.45, 2.75) is 32.2 Å². The number of carbonyl (C=O) groups is 1. The number of ether oxygens (including phenoxy) is 5. The Hall–Kier alpha value is -5.14. The van der Waals surface area contributed by atoms with Crippen LogP contribution in [-0.2, 0) is 28.9 Å². The van der Waals surface area contributed by atoms with E-state index in [-0.39, 0.29) is 35.8 Å². The van der Waals surface area contributed by atoms with Gasteiger partial charge in [0.15, 0.2) is 17.3 Å². The molecule has 1 aliphatic heterocycles. The summed E-state index contributed by atoms with van der Waals surface area (Å²) in [5.74, 6) is -0.533. The maximum atomic E-state index is 15.5. The minimum atomic E-state index is -0.685. The molecule has 0 N–H and O–H groups in total. The van der Waals surface area contributed by atoms with Crippen molar-refractivity contribution in [3.63, 3.8) is 0 Å². The van der Waals surface area contributed by atoms with Gasteiger partial charge in [-0.05, 0) is 55.2 Å². The summed E-state index contributed by atoms with van der Waals surface area (Å²) in [6, 6.07) is 13.2. The highest BCUT2D eigenvalue weighted by molar-refractivity contribution is 5.98. The summed E-state index contributed by atoms with van der Waals surface area (Å²) in [6.45, 7) is 1.80. The van der Waals surface area contributed by atoms with E-state index in [0.29, 0.717) is 66.6 Å². The first kappa shape index (κ1) is 32.8. The van der Waals surface area contributed by atoms with E-state index in [9.17, 15) is 14.0 Å².